The monoisotopic (exact) mass is 454 g/mol. The fourth-order valence-electron chi connectivity index (χ4n) is 5.25. The van der Waals surface area contributed by atoms with E-state index >= 15 is 0 Å². The maximum Gasteiger partial charge on any atom is 0.206 e. The van der Waals surface area contributed by atoms with E-state index in [1.54, 1.807) is 18.2 Å². The van der Waals surface area contributed by atoms with Crippen LogP contribution in [-0.2, 0) is 9.84 Å². The summed E-state index contributed by atoms with van der Waals surface area (Å²) < 4.78 is 26.3. The van der Waals surface area contributed by atoms with E-state index in [-0.39, 0.29) is 0 Å². The summed E-state index contributed by atoms with van der Waals surface area (Å²) >= 11 is 0. The van der Waals surface area contributed by atoms with Gasteiger partial charge >= 0.3 is 0 Å². The van der Waals surface area contributed by atoms with E-state index in [1.165, 1.54) is 37.7 Å². The second-order valence-electron chi connectivity index (χ2n) is 9.84. The average molecular weight is 455 g/mol. The molecule has 1 saturated heterocycles. The molecular weight excluding hydrogens is 416 g/mol. The van der Waals surface area contributed by atoms with Crippen molar-refractivity contribution in [3.05, 3.63) is 59.7 Å². The van der Waals surface area contributed by atoms with Gasteiger partial charge < -0.3 is 0 Å². The van der Waals surface area contributed by atoms with Crippen molar-refractivity contribution in [2.45, 2.75) is 80.7 Å². The van der Waals surface area contributed by atoms with Crippen LogP contribution in [0.25, 0.3) is 0 Å². The number of hydrogen-bond acceptors (Lipinski definition) is 4. The van der Waals surface area contributed by atoms with Crippen molar-refractivity contribution in [2.24, 2.45) is 0 Å². The molecule has 2 aromatic carbocycles. The lowest BCUT2D eigenvalue weighted by molar-refractivity contribution is 0.0602. The Kier molecular flexibility index (Phi) is 7.38. The molecule has 4 rings (SSSR count). The van der Waals surface area contributed by atoms with Crippen molar-refractivity contribution < 1.29 is 8.42 Å². The van der Waals surface area contributed by atoms with E-state index in [9.17, 15) is 8.42 Å². The predicted octanol–water partition coefficient (Wildman–Crippen LogP) is 5.65. The Balaban J connectivity index is 1.41. The third-order valence-electron chi connectivity index (χ3n) is 7.50. The normalized spacial score (nSPS) is 20.5. The molecule has 1 saturated carbocycles. The highest BCUT2D eigenvalue weighted by atomic mass is 32.2. The lowest BCUT2D eigenvalue weighted by atomic mass is 9.93. The Morgan fingerprint density at radius 1 is 0.781 bits per heavy atom. The van der Waals surface area contributed by atoms with Gasteiger partial charge in [-0.15, -0.1) is 0 Å². The highest BCUT2D eigenvalue weighted by Crippen LogP contribution is 2.29. The van der Waals surface area contributed by atoms with Crippen LogP contribution in [0.2, 0.25) is 0 Å². The second kappa shape index (κ2) is 10.1. The van der Waals surface area contributed by atoms with Gasteiger partial charge in [0.2, 0.25) is 9.84 Å². The van der Waals surface area contributed by atoms with Crippen LogP contribution in [-0.4, -0.2) is 50.4 Å². The molecule has 1 atom stereocenters. The molecule has 1 aliphatic carbocycles. The standard InChI is InChI=1S/C27H38N2O2S/c1-21(2)24-8-7-11-27(20-24)32(30,31)26-14-12-23(13-15-26)22(3)28-16-18-29(19-17-28)25-9-5-4-6-10-25/h7-8,11-15,20-22,25H,4-6,9-10,16-19H2,1-3H3/t22-/m0/s1. The van der Waals surface area contributed by atoms with Crippen molar-refractivity contribution in [1.29, 1.82) is 0 Å². The van der Waals surface area contributed by atoms with Gasteiger partial charge in [-0.1, -0.05) is 57.4 Å². The van der Waals surface area contributed by atoms with E-state index in [1.807, 2.05) is 30.3 Å². The molecule has 2 aromatic rings. The Bertz CT molecular complexity index is 987. The molecule has 0 radical (unpaired) electrons. The second-order valence-corrected chi connectivity index (χ2v) is 11.8. The summed E-state index contributed by atoms with van der Waals surface area (Å²) in [6.07, 6.45) is 6.91. The van der Waals surface area contributed by atoms with Crippen LogP contribution in [0.15, 0.2) is 58.3 Å². The van der Waals surface area contributed by atoms with Crippen LogP contribution < -0.4 is 0 Å². The fraction of sp³-hybridized carbons (Fsp3) is 0.556. The minimum atomic E-state index is -3.50. The molecule has 0 aromatic heterocycles. The minimum Gasteiger partial charge on any atom is -0.298 e. The minimum absolute atomic E-state index is 0.296. The Morgan fingerprint density at radius 3 is 2.06 bits per heavy atom. The van der Waals surface area contributed by atoms with Crippen molar-refractivity contribution >= 4 is 9.84 Å². The number of sulfone groups is 1. The zero-order chi connectivity index (χ0) is 22.7. The predicted molar refractivity (Wildman–Crippen MR) is 131 cm³/mol. The van der Waals surface area contributed by atoms with Crippen LogP contribution in [0.1, 0.15) is 76.0 Å². The summed E-state index contributed by atoms with van der Waals surface area (Å²) in [6, 6.07) is 16.0. The number of rotatable bonds is 6. The molecule has 5 heteroatoms. The largest absolute Gasteiger partial charge is 0.298 e. The van der Waals surface area contributed by atoms with Crippen LogP contribution >= 0.6 is 0 Å². The van der Waals surface area contributed by atoms with Gasteiger partial charge in [0.15, 0.2) is 0 Å². The first-order valence-electron chi connectivity index (χ1n) is 12.3. The Labute approximate surface area is 194 Å². The summed E-state index contributed by atoms with van der Waals surface area (Å²) in [7, 11) is -3.50. The van der Waals surface area contributed by atoms with Gasteiger partial charge in [-0.3, -0.25) is 9.80 Å². The number of benzene rings is 2. The van der Waals surface area contributed by atoms with E-state index in [4.69, 9.17) is 0 Å². The summed E-state index contributed by atoms with van der Waals surface area (Å²) in [5, 5.41) is 0. The van der Waals surface area contributed by atoms with E-state index in [0.717, 1.165) is 37.8 Å². The van der Waals surface area contributed by atoms with Crippen molar-refractivity contribution in [3.8, 4) is 0 Å². The molecule has 4 nitrogen and oxygen atoms in total. The molecule has 0 amide bonds. The molecule has 32 heavy (non-hydrogen) atoms. The first-order chi connectivity index (χ1) is 15.4. The lowest BCUT2D eigenvalue weighted by Crippen LogP contribution is -2.51. The van der Waals surface area contributed by atoms with E-state index in [0.29, 0.717) is 21.8 Å². The van der Waals surface area contributed by atoms with Crippen molar-refractivity contribution in [3.63, 3.8) is 0 Å². The molecule has 1 heterocycles. The first-order valence-corrected chi connectivity index (χ1v) is 13.8. The molecule has 0 spiro atoms. The van der Waals surface area contributed by atoms with Gasteiger partial charge in [-0.2, -0.15) is 0 Å². The summed E-state index contributed by atoms with van der Waals surface area (Å²) in [6.45, 7) is 10.9. The average Bonchev–Trinajstić information content (AvgIpc) is 2.84. The molecule has 2 aliphatic rings. The first kappa shape index (κ1) is 23.5. The number of hydrogen-bond donors (Lipinski definition) is 0. The van der Waals surface area contributed by atoms with Crippen LogP contribution in [0.4, 0.5) is 0 Å². The third-order valence-corrected chi connectivity index (χ3v) is 9.26. The van der Waals surface area contributed by atoms with Gasteiger partial charge in [0, 0.05) is 38.3 Å². The molecule has 0 N–H and O–H groups in total. The smallest absolute Gasteiger partial charge is 0.206 e. The lowest BCUT2D eigenvalue weighted by Gasteiger charge is -2.42. The van der Waals surface area contributed by atoms with Crippen LogP contribution in [0.5, 0.6) is 0 Å². The van der Waals surface area contributed by atoms with E-state index < -0.39 is 9.84 Å². The fourth-order valence-corrected chi connectivity index (χ4v) is 6.56. The van der Waals surface area contributed by atoms with Crippen LogP contribution in [0, 0.1) is 0 Å². The summed E-state index contributed by atoms with van der Waals surface area (Å²) in [4.78, 5) is 5.98. The molecule has 174 valence electrons. The molecule has 0 unspecified atom stereocenters. The van der Waals surface area contributed by atoms with Gasteiger partial charge in [0.05, 0.1) is 9.79 Å². The van der Waals surface area contributed by atoms with Gasteiger partial charge in [-0.25, -0.2) is 8.42 Å². The summed E-state index contributed by atoms with van der Waals surface area (Å²) in [5.74, 6) is 0.298. The van der Waals surface area contributed by atoms with Gasteiger partial charge in [-0.05, 0) is 61.1 Å². The maximum atomic E-state index is 13.2. The maximum absolute atomic E-state index is 13.2. The zero-order valence-electron chi connectivity index (χ0n) is 19.8. The van der Waals surface area contributed by atoms with E-state index in [2.05, 4.69) is 30.6 Å². The van der Waals surface area contributed by atoms with Crippen molar-refractivity contribution in [2.75, 3.05) is 26.2 Å². The topological polar surface area (TPSA) is 40.6 Å². The molecule has 1 aliphatic heterocycles. The SMILES string of the molecule is CC(C)c1cccc(S(=O)(=O)c2ccc([C@H](C)N3CCN(C4CCCCC4)CC3)cc2)c1. The Hall–Kier alpha value is -1.69. The highest BCUT2D eigenvalue weighted by Gasteiger charge is 2.27. The molecule has 2 fully saturated rings. The molecular formula is C27H38N2O2S. The van der Waals surface area contributed by atoms with Crippen LogP contribution in [0.3, 0.4) is 0 Å². The van der Waals surface area contributed by atoms with Gasteiger partial charge in [0.1, 0.15) is 0 Å². The third kappa shape index (κ3) is 5.11. The zero-order valence-corrected chi connectivity index (χ0v) is 20.7. The molecule has 0 bridgehead atoms. The number of piperazine rings is 1. The number of nitrogens with zero attached hydrogens (tertiary/aromatic N) is 2. The Morgan fingerprint density at radius 2 is 1.44 bits per heavy atom. The summed E-state index contributed by atoms with van der Waals surface area (Å²) in [5.41, 5.74) is 2.23. The van der Waals surface area contributed by atoms with Crippen molar-refractivity contribution in [1.82, 2.24) is 9.80 Å². The van der Waals surface area contributed by atoms with Gasteiger partial charge in [0.25, 0.3) is 0 Å². The highest BCUT2D eigenvalue weighted by molar-refractivity contribution is 7.91. The quantitative estimate of drug-likeness (QED) is 0.565.